The van der Waals surface area contributed by atoms with E-state index in [0.29, 0.717) is 0 Å². The predicted octanol–water partition coefficient (Wildman–Crippen LogP) is 3.31. The lowest BCUT2D eigenvalue weighted by Crippen LogP contribution is -1.81. The molecule has 0 radical (unpaired) electrons. The van der Waals surface area contributed by atoms with Crippen LogP contribution in [0.4, 0.5) is 0 Å². The molecular weight excluding hydrogens is 170 g/mol. The highest BCUT2D eigenvalue weighted by Gasteiger charge is 1.95. The summed E-state index contributed by atoms with van der Waals surface area (Å²) in [6, 6.07) is 12.7. The van der Waals surface area contributed by atoms with Gasteiger partial charge in [0.1, 0.15) is 0 Å². The Morgan fingerprint density at radius 3 is 2.00 bits per heavy atom. The average molecular weight is 183 g/mol. The van der Waals surface area contributed by atoms with Crippen molar-refractivity contribution >= 4 is 0 Å². The van der Waals surface area contributed by atoms with Crippen LogP contribution in [0, 0.1) is 0 Å². The minimum atomic E-state index is 1.09. The Hall–Kier alpha value is -1.63. The van der Waals surface area contributed by atoms with Gasteiger partial charge < -0.3 is 0 Å². The van der Waals surface area contributed by atoms with E-state index in [-0.39, 0.29) is 0 Å². The smallest absolute Gasteiger partial charge is 0.0273 e. The topological polar surface area (TPSA) is 12.9 Å². The third kappa shape index (κ3) is 1.82. The van der Waals surface area contributed by atoms with E-state index in [9.17, 15) is 0 Å². The van der Waals surface area contributed by atoms with Crippen LogP contribution < -0.4 is 0 Å². The molecule has 0 bridgehead atoms. The van der Waals surface area contributed by atoms with Gasteiger partial charge in [0.05, 0.1) is 0 Å². The Labute approximate surface area is 84.4 Å². The van der Waals surface area contributed by atoms with Gasteiger partial charge in [0, 0.05) is 12.4 Å². The van der Waals surface area contributed by atoms with Gasteiger partial charge in [-0.1, -0.05) is 31.2 Å². The van der Waals surface area contributed by atoms with Gasteiger partial charge in [0.15, 0.2) is 0 Å². The van der Waals surface area contributed by atoms with Gasteiger partial charge in [-0.05, 0) is 35.2 Å². The van der Waals surface area contributed by atoms with Crippen LogP contribution in [0.3, 0.4) is 0 Å². The van der Waals surface area contributed by atoms with Gasteiger partial charge in [0.2, 0.25) is 0 Å². The lowest BCUT2D eigenvalue weighted by atomic mass is 10.0. The van der Waals surface area contributed by atoms with Crippen LogP contribution in [-0.2, 0) is 6.42 Å². The first-order valence-corrected chi connectivity index (χ1v) is 4.89. The van der Waals surface area contributed by atoms with E-state index in [1.165, 1.54) is 16.7 Å². The van der Waals surface area contributed by atoms with Crippen molar-refractivity contribution in [1.82, 2.24) is 4.98 Å². The summed E-state index contributed by atoms with van der Waals surface area (Å²) in [4.78, 5) is 4.00. The predicted molar refractivity (Wildman–Crippen MR) is 59.1 cm³/mol. The highest BCUT2D eigenvalue weighted by atomic mass is 14.6. The second-order valence-corrected chi connectivity index (χ2v) is 3.29. The molecule has 0 N–H and O–H groups in total. The van der Waals surface area contributed by atoms with E-state index in [1.54, 1.807) is 0 Å². The van der Waals surface area contributed by atoms with Gasteiger partial charge in [-0.2, -0.15) is 0 Å². The Morgan fingerprint density at radius 1 is 0.857 bits per heavy atom. The minimum Gasteiger partial charge on any atom is -0.265 e. The molecule has 1 heterocycles. The van der Waals surface area contributed by atoms with Crippen LogP contribution in [0.25, 0.3) is 11.1 Å². The van der Waals surface area contributed by atoms with Crippen LogP contribution in [0.15, 0.2) is 48.8 Å². The zero-order valence-corrected chi connectivity index (χ0v) is 8.27. The first-order valence-electron chi connectivity index (χ1n) is 4.89. The van der Waals surface area contributed by atoms with Crippen molar-refractivity contribution < 1.29 is 0 Å². The van der Waals surface area contributed by atoms with Crippen LogP contribution in [0.5, 0.6) is 0 Å². The molecule has 1 nitrogen and oxygen atoms in total. The monoisotopic (exact) mass is 183 g/mol. The average Bonchev–Trinajstić information content (AvgIpc) is 2.30. The van der Waals surface area contributed by atoms with E-state index >= 15 is 0 Å². The second-order valence-electron chi connectivity index (χ2n) is 3.29. The number of aryl methyl sites for hydroxylation is 1. The highest BCUT2D eigenvalue weighted by Crippen LogP contribution is 2.18. The molecule has 2 rings (SSSR count). The standard InChI is InChI=1S/C13H13N/c1-2-11-3-5-12(6-4-11)13-7-9-14-10-8-13/h3-10H,2H2,1H3. The quantitative estimate of drug-likeness (QED) is 0.696. The van der Waals surface area contributed by atoms with E-state index in [0.717, 1.165) is 6.42 Å². The molecule has 14 heavy (non-hydrogen) atoms. The van der Waals surface area contributed by atoms with Crippen molar-refractivity contribution in [3.8, 4) is 11.1 Å². The fourth-order valence-electron chi connectivity index (χ4n) is 1.48. The maximum absolute atomic E-state index is 4.00. The molecule has 0 saturated carbocycles. The Morgan fingerprint density at radius 2 is 1.43 bits per heavy atom. The summed E-state index contributed by atoms with van der Waals surface area (Å²) in [6.45, 7) is 2.17. The SMILES string of the molecule is CCc1ccc(-c2ccncc2)cc1. The Balaban J connectivity index is 2.34. The maximum Gasteiger partial charge on any atom is 0.0273 e. The van der Waals surface area contributed by atoms with Crippen molar-refractivity contribution in [2.75, 3.05) is 0 Å². The van der Waals surface area contributed by atoms with Crippen molar-refractivity contribution in [2.24, 2.45) is 0 Å². The van der Waals surface area contributed by atoms with Gasteiger partial charge in [-0.15, -0.1) is 0 Å². The van der Waals surface area contributed by atoms with Crippen LogP contribution in [0.1, 0.15) is 12.5 Å². The molecule has 1 aromatic heterocycles. The Bertz CT molecular complexity index is 389. The van der Waals surface area contributed by atoms with Crippen LogP contribution in [0.2, 0.25) is 0 Å². The third-order valence-corrected chi connectivity index (χ3v) is 2.38. The molecular formula is C13H13N. The van der Waals surface area contributed by atoms with E-state index in [1.807, 2.05) is 24.5 Å². The number of nitrogens with zero attached hydrogens (tertiary/aromatic N) is 1. The highest BCUT2D eigenvalue weighted by molar-refractivity contribution is 5.62. The van der Waals surface area contributed by atoms with Gasteiger partial charge in [0.25, 0.3) is 0 Å². The molecule has 2 aromatic rings. The third-order valence-electron chi connectivity index (χ3n) is 2.38. The molecule has 0 unspecified atom stereocenters. The molecule has 70 valence electrons. The zero-order valence-electron chi connectivity index (χ0n) is 8.27. The lowest BCUT2D eigenvalue weighted by molar-refractivity contribution is 1.14. The summed E-state index contributed by atoms with van der Waals surface area (Å²) in [6.07, 6.45) is 4.74. The molecule has 0 aliphatic carbocycles. The largest absolute Gasteiger partial charge is 0.265 e. The van der Waals surface area contributed by atoms with Crippen molar-refractivity contribution in [3.05, 3.63) is 54.4 Å². The first-order chi connectivity index (χ1) is 6.90. The summed E-state index contributed by atoms with van der Waals surface area (Å²) >= 11 is 0. The number of aromatic nitrogens is 1. The molecule has 0 aliphatic rings. The fourth-order valence-corrected chi connectivity index (χ4v) is 1.48. The fraction of sp³-hybridized carbons (Fsp3) is 0.154. The maximum atomic E-state index is 4.00. The number of benzene rings is 1. The van der Waals surface area contributed by atoms with E-state index in [2.05, 4.69) is 36.2 Å². The summed E-state index contributed by atoms with van der Waals surface area (Å²) in [5.74, 6) is 0. The minimum absolute atomic E-state index is 1.09. The number of rotatable bonds is 2. The van der Waals surface area contributed by atoms with Crippen molar-refractivity contribution in [1.29, 1.82) is 0 Å². The van der Waals surface area contributed by atoms with Gasteiger partial charge in [-0.25, -0.2) is 0 Å². The molecule has 1 aromatic carbocycles. The second kappa shape index (κ2) is 4.05. The molecule has 0 aliphatic heterocycles. The van der Waals surface area contributed by atoms with Crippen molar-refractivity contribution in [3.63, 3.8) is 0 Å². The van der Waals surface area contributed by atoms with Gasteiger partial charge >= 0.3 is 0 Å². The Kier molecular flexibility index (Phi) is 2.59. The number of hydrogen-bond acceptors (Lipinski definition) is 1. The molecule has 0 fully saturated rings. The lowest BCUT2D eigenvalue weighted by Gasteiger charge is -2.01. The number of pyridine rings is 1. The summed E-state index contributed by atoms with van der Waals surface area (Å²) < 4.78 is 0. The summed E-state index contributed by atoms with van der Waals surface area (Å²) in [7, 11) is 0. The first kappa shape index (κ1) is 8.95. The zero-order chi connectivity index (χ0) is 9.80. The molecule has 0 spiro atoms. The molecule has 0 saturated heterocycles. The van der Waals surface area contributed by atoms with Crippen LogP contribution >= 0.6 is 0 Å². The number of hydrogen-bond donors (Lipinski definition) is 0. The summed E-state index contributed by atoms with van der Waals surface area (Å²) in [5, 5.41) is 0. The molecule has 1 heteroatoms. The van der Waals surface area contributed by atoms with E-state index < -0.39 is 0 Å². The van der Waals surface area contributed by atoms with Crippen LogP contribution in [-0.4, -0.2) is 4.98 Å². The van der Waals surface area contributed by atoms with Crippen molar-refractivity contribution in [2.45, 2.75) is 13.3 Å². The van der Waals surface area contributed by atoms with Gasteiger partial charge in [-0.3, -0.25) is 4.98 Å². The summed E-state index contributed by atoms with van der Waals surface area (Å²) in [5.41, 5.74) is 3.86. The normalized spacial score (nSPS) is 10.1. The van der Waals surface area contributed by atoms with E-state index in [4.69, 9.17) is 0 Å². The molecule has 0 atom stereocenters. The molecule has 0 amide bonds.